The van der Waals surface area contributed by atoms with E-state index in [4.69, 9.17) is 9.72 Å². The average Bonchev–Trinajstić information content (AvgIpc) is 3.73. The first-order valence-corrected chi connectivity index (χ1v) is 17.2. The first kappa shape index (κ1) is 37.1. The van der Waals surface area contributed by atoms with Gasteiger partial charge >= 0.3 is 0 Å². The van der Waals surface area contributed by atoms with Gasteiger partial charge in [-0.2, -0.15) is 24.1 Å². The fourth-order valence-electron chi connectivity index (χ4n) is 6.63. The Hall–Kier alpha value is -5.22. The van der Waals surface area contributed by atoms with E-state index in [9.17, 15) is 40.8 Å². The molecule has 2 aromatic carbocycles. The highest BCUT2D eigenvalue weighted by molar-refractivity contribution is 7.22. The highest BCUT2D eigenvalue weighted by Gasteiger charge is 2.55. The van der Waals surface area contributed by atoms with Crippen molar-refractivity contribution in [2.24, 2.45) is 0 Å². The first-order chi connectivity index (χ1) is 25.6. The quantitative estimate of drug-likeness (QED) is 0.153. The summed E-state index contributed by atoms with van der Waals surface area (Å²) in [4.78, 5) is 25.0. The van der Waals surface area contributed by atoms with Crippen LogP contribution in [0.3, 0.4) is 0 Å². The molecule has 1 saturated heterocycles. The Morgan fingerprint density at radius 1 is 0.963 bits per heavy atom. The van der Waals surface area contributed by atoms with Crippen molar-refractivity contribution in [1.82, 2.24) is 25.1 Å². The second-order valence-corrected chi connectivity index (χ2v) is 13.7. The van der Waals surface area contributed by atoms with Crippen LogP contribution in [0, 0.1) is 28.8 Å². The summed E-state index contributed by atoms with van der Waals surface area (Å²) in [5.74, 6) is -12.1. The molecule has 1 unspecified atom stereocenters. The van der Waals surface area contributed by atoms with Gasteiger partial charge in [-0.1, -0.05) is 17.4 Å². The number of hydrogen-bond donors (Lipinski definition) is 1. The molecule has 0 spiro atoms. The third kappa shape index (κ3) is 7.19. The lowest BCUT2D eigenvalue weighted by Crippen LogP contribution is -2.37. The number of alkyl halides is 6. The lowest BCUT2D eigenvalue weighted by atomic mass is 9.89. The van der Waals surface area contributed by atoms with Gasteiger partial charge < -0.3 is 15.0 Å². The number of rotatable bonds is 9. The SMILES string of the molecule is N#Cc1cc(-c2cc3sc(N4CCOCC4)nc3nc2C(Cc2cc(F)cc(F)c2)NC(=O)Cn2nc(C(F)F)c3c2C(F)(F)CCC3(F)F)ccc1F. The predicted octanol–water partition coefficient (Wildman–Crippen LogP) is 7.70. The van der Waals surface area contributed by atoms with E-state index < -0.39 is 90.4 Å². The number of thiazole rings is 1. The standard InChI is InChI=1S/C35H26F9N7O2S/c36-20-9-17(10-21(37)13-20)11-24(46-26(52)16-51-30-27(29(49-51)31(39)40)34(41,42)3-4-35(30,43)44)28-22(18-1-2-23(38)19(12-18)15-45)14-25-32(47-28)48-33(54-25)50-5-7-53-8-6-50/h1-2,9-10,12-14,24,31H,3-8,11,16H2,(H,46,52). The van der Waals surface area contributed by atoms with E-state index in [2.05, 4.69) is 15.4 Å². The molecule has 0 radical (unpaired) electrons. The molecule has 1 amide bonds. The Balaban J connectivity index is 1.35. The highest BCUT2D eigenvalue weighted by Crippen LogP contribution is 2.52. The summed E-state index contributed by atoms with van der Waals surface area (Å²) in [6, 6.07) is 8.07. The smallest absolute Gasteiger partial charge is 0.290 e. The summed E-state index contributed by atoms with van der Waals surface area (Å²) in [5, 5.41) is 16.0. The van der Waals surface area contributed by atoms with E-state index in [1.165, 1.54) is 23.5 Å². The van der Waals surface area contributed by atoms with Gasteiger partial charge in [0, 0.05) is 37.6 Å². The van der Waals surface area contributed by atoms with E-state index in [0.717, 1.165) is 18.2 Å². The van der Waals surface area contributed by atoms with Crippen molar-refractivity contribution in [3.63, 3.8) is 0 Å². The van der Waals surface area contributed by atoms with Crippen molar-refractivity contribution in [3.8, 4) is 17.2 Å². The molecule has 1 N–H and O–H groups in total. The van der Waals surface area contributed by atoms with Gasteiger partial charge in [0.05, 0.1) is 40.8 Å². The zero-order valence-electron chi connectivity index (χ0n) is 27.7. The number of morpholine rings is 1. The van der Waals surface area contributed by atoms with Crippen LogP contribution in [0.15, 0.2) is 42.5 Å². The minimum atomic E-state index is -4.08. The number of carbonyl (C=O) groups excluding carboxylic acids is 1. The van der Waals surface area contributed by atoms with Crippen molar-refractivity contribution in [2.75, 3.05) is 31.2 Å². The van der Waals surface area contributed by atoms with Crippen LogP contribution < -0.4 is 10.2 Å². The number of nitriles is 1. The highest BCUT2D eigenvalue weighted by atomic mass is 32.1. The molecular formula is C35H26F9N7O2S. The lowest BCUT2D eigenvalue weighted by Gasteiger charge is -2.29. The van der Waals surface area contributed by atoms with Crippen LogP contribution in [-0.4, -0.2) is 52.0 Å². The Morgan fingerprint density at radius 3 is 2.35 bits per heavy atom. The number of aromatic nitrogens is 4. The summed E-state index contributed by atoms with van der Waals surface area (Å²) in [7, 11) is 0. The van der Waals surface area contributed by atoms with Gasteiger partial charge in [0.1, 0.15) is 41.5 Å². The summed E-state index contributed by atoms with van der Waals surface area (Å²) in [6.45, 7) is 0.669. The number of benzene rings is 2. The van der Waals surface area contributed by atoms with Crippen molar-refractivity contribution in [3.05, 3.63) is 93.7 Å². The van der Waals surface area contributed by atoms with Crippen LogP contribution in [-0.2, 0) is 34.3 Å². The van der Waals surface area contributed by atoms with Crippen LogP contribution in [0.25, 0.3) is 21.5 Å². The number of nitrogens with zero attached hydrogens (tertiary/aromatic N) is 6. The van der Waals surface area contributed by atoms with Crippen LogP contribution in [0.2, 0.25) is 0 Å². The number of anilines is 1. The first-order valence-electron chi connectivity index (χ1n) is 16.4. The molecule has 1 fully saturated rings. The van der Waals surface area contributed by atoms with E-state index in [-0.39, 0.29) is 38.3 Å². The van der Waals surface area contributed by atoms with Crippen molar-refractivity contribution in [2.45, 2.75) is 50.1 Å². The van der Waals surface area contributed by atoms with Gasteiger partial charge in [-0.05, 0) is 47.9 Å². The topological polar surface area (TPSA) is 109 Å². The Labute approximate surface area is 304 Å². The molecule has 2 aliphatic rings. The van der Waals surface area contributed by atoms with E-state index >= 15 is 8.78 Å². The summed E-state index contributed by atoms with van der Waals surface area (Å²) in [5.41, 5.74) is -4.55. The van der Waals surface area contributed by atoms with Crippen molar-refractivity contribution < 1.29 is 49.0 Å². The molecule has 0 bridgehead atoms. The minimum absolute atomic E-state index is 0.0163. The van der Waals surface area contributed by atoms with Crippen LogP contribution in [0.1, 0.15) is 59.1 Å². The van der Waals surface area contributed by atoms with Crippen molar-refractivity contribution >= 4 is 32.7 Å². The predicted molar refractivity (Wildman–Crippen MR) is 176 cm³/mol. The van der Waals surface area contributed by atoms with Gasteiger partial charge in [-0.3, -0.25) is 9.48 Å². The summed E-state index contributed by atoms with van der Waals surface area (Å²) < 4.78 is 137. The number of carbonyl (C=O) groups is 1. The monoisotopic (exact) mass is 779 g/mol. The van der Waals surface area contributed by atoms with E-state index in [1.807, 2.05) is 4.90 Å². The van der Waals surface area contributed by atoms with Gasteiger partial charge in [-0.25, -0.2) is 35.7 Å². The van der Waals surface area contributed by atoms with Gasteiger partial charge in [0.15, 0.2) is 10.8 Å². The van der Waals surface area contributed by atoms with Gasteiger partial charge in [0.2, 0.25) is 5.91 Å². The van der Waals surface area contributed by atoms with Gasteiger partial charge in [0.25, 0.3) is 18.3 Å². The summed E-state index contributed by atoms with van der Waals surface area (Å²) in [6.07, 6.45) is -6.90. The zero-order valence-corrected chi connectivity index (χ0v) is 28.5. The second kappa shape index (κ2) is 14.2. The number of halogens is 9. The van der Waals surface area contributed by atoms with Crippen molar-refractivity contribution in [1.29, 1.82) is 5.26 Å². The Morgan fingerprint density at radius 2 is 1.67 bits per heavy atom. The number of amides is 1. The van der Waals surface area contributed by atoms with Crippen LogP contribution in [0.4, 0.5) is 44.6 Å². The molecule has 19 heteroatoms. The fourth-order valence-corrected chi connectivity index (χ4v) is 7.62. The van der Waals surface area contributed by atoms with Crippen LogP contribution >= 0.6 is 11.3 Å². The van der Waals surface area contributed by atoms with Gasteiger partial charge in [-0.15, -0.1) is 0 Å². The van der Waals surface area contributed by atoms with E-state index in [0.29, 0.717) is 42.2 Å². The lowest BCUT2D eigenvalue weighted by molar-refractivity contribution is -0.123. The number of ether oxygens (including phenoxy) is 1. The Kier molecular flexibility index (Phi) is 9.77. The molecule has 0 saturated carbocycles. The molecule has 5 aromatic rings. The molecule has 1 atom stereocenters. The number of nitrogens with one attached hydrogen (secondary N) is 1. The Bertz CT molecular complexity index is 2280. The molecular weight excluding hydrogens is 753 g/mol. The molecule has 4 heterocycles. The normalized spacial score (nSPS) is 17.0. The summed E-state index contributed by atoms with van der Waals surface area (Å²) >= 11 is 1.25. The maximum absolute atomic E-state index is 15.1. The minimum Gasteiger partial charge on any atom is -0.378 e. The molecule has 1 aliphatic heterocycles. The number of fused-ring (bicyclic) bond motifs is 2. The molecule has 282 valence electrons. The molecule has 54 heavy (non-hydrogen) atoms. The maximum atomic E-state index is 15.1. The van der Waals surface area contributed by atoms with E-state index in [1.54, 1.807) is 12.1 Å². The average molecular weight is 780 g/mol. The fraction of sp³-hybridized carbons (Fsp3) is 0.343. The molecule has 9 nitrogen and oxygen atoms in total. The molecule has 3 aromatic heterocycles. The largest absolute Gasteiger partial charge is 0.378 e. The maximum Gasteiger partial charge on any atom is 0.290 e. The number of hydrogen-bond acceptors (Lipinski definition) is 8. The zero-order chi connectivity index (χ0) is 38.5. The third-order valence-corrected chi connectivity index (χ3v) is 10.1. The number of pyridine rings is 1. The third-order valence-electron chi connectivity index (χ3n) is 9.05. The molecule has 1 aliphatic carbocycles. The second-order valence-electron chi connectivity index (χ2n) is 12.7. The molecule has 7 rings (SSSR count). The van der Waals surface area contributed by atoms with Crippen LogP contribution in [0.5, 0.6) is 0 Å².